The molecular formula is C17H18N2O4S. The van der Waals surface area contributed by atoms with E-state index < -0.39 is 18.1 Å². The lowest BCUT2D eigenvalue weighted by atomic mass is 9.98. The third-order valence-corrected chi connectivity index (χ3v) is 5.42. The van der Waals surface area contributed by atoms with Crippen molar-refractivity contribution >= 4 is 29.5 Å². The number of β-lactam (4-membered cyclic amide) rings is 1. The fourth-order valence-corrected chi connectivity index (χ4v) is 4.10. The number of fused-ring (bicyclic) bond motifs is 1. The second kappa shape index (κ2) is 6.68. The van der Waals surface area contributed by atoms with Crippen molar-refractivity contribution in [2.24, 2.45) is 0 Å². The Labute approximate surface area is 144 Å². The SMILES string of the molecule is COC(=O)[C@H]1C(C)=CS[C@@H]2[C@H](NC(=O)Cc3ccccc3)C(=O)N12. The topological polar surface area (TPSA) is 75.7 Å². The zero-order chi connectivity index (χ0) is 17.3. The Morgan fingerprint density at radius 1 is 1.29 bits per heavy atom. The average Bonchev–Trinajstić information content (AvgIpc) is 2.59. The largest absolute Gasteiger partial charge is 0.467 e. The molecular weight excluding hydrogens is 328 g/mol. The molecule has 1 aromatic rings. The summed E-state index contributed by atoms with van der Waals surface area (Å²) in [5.74, 6) is -0.922. The summed E-state index contributed by atoms with van der Waals surface area (Å²) < 4.78 is 4.79. The molecule has 24 heavy (non-hydrogen) atoms. The number of methoxy groups -OCH3 is 1. The Hall–Kier alpha value is -2.28. The van der Waals surface area contributed by atoms with Crippen LogP contribution in [0.3, 0.4) is 0 Å². The summed E-state index contributed by atoms with van der Waals surface area (Å²) in [6.07, 6.45) is 0.220. The maximum atomic E-state index is 12.4. The van der Waals surface area contributed by atoms with E-state index in [4.69, 9.17) is 4.74 Å². The third-order valence-electron chi connectivity index (χ3n) is 4.13. The first kappa shape index (κ1) is 16.6. The molecule has 1 aromatic carbocycles. The number of rotatable bonds is 4. The zero-order valence-corrected chi connectivity index (χ0v) is 14.2. The average molecular weight is 346 g/mol. The summed E-state index contributed by atoms with van der Waals surface area (Å²) in [7, 11) is 1.30. The number of benzene rings is 1. The highest BCUT2D eigenvalue weighted by atomic mass is 32.2. The lowest BCUT2D eigenvalue weighted by molar-refractivity contribution is -0.161. The third kappa shape index (κ3) is 2.91. The Bertz CT molecular complexity index is 704. The fourth-order valence-electron chi connectivity index (χ4n) is 2.92. The van der Waals surface area contributed by atoms with Gasteiger partial charge >= 0.3 is 5.97 Å². The van der Waals surface area contributed by atoms with Crippen LogP contribution in [0.1, 0.15) is 12.5 Å². The van der Waals surface area contributed by atoms with Gasteiger partial charge in [-0.3, -0.25) is 9.59 Å². The van der Waals surface area contributed by atoms with Crippen LogP contribution in [0.4, 0.5) is 0 Å². The minimum atomic E-state index is -0.698. The van der Waals surface area contributed by atoms with Gasteiger partial charge in [-0.05, 0) is 23.5 Å². The van der Waals surface area contributed by atoms with Gasteiger partial charge in [0.05, 0.1) is 13.5 Å². The first-order chi connectivity index (χ1) is 11.5. The van der Waals surface area contributed by atoms with Crippen LogP contribution in [-0.4, -0.2) is 47.3 Å². The van der Waals surface area contributed by atoms with E-state index in [1.165, 1.54) is 23.8 Å². The van der Waals surface area contributed by atoms with Crippen molar-refractivity contribution in [2.75, 3.05) is 7.11 Å². The van der Waals surface area contributed by atoms with Crippen molar-refractivity contribution in [3.63, 3.8) is 0 Å². The summed E-state index contributed by atoms with van der Waals surface area (Å²) in [5, 5.41) is 4.35. The number of carbonyl (C=O) groups is 3. The summed E-state index contributed by atoms with van der Waals surface area (Å²) in [6.45, 7) is 1.79. The van der Waals surface area contributed by atoms with Gasteiger partial charge in [-0.2, -0.15) is 0 Å². The summed E-state index contributed by atoms with van der Waals surface area (Å²) in [4.78, 5) is 38.0. The zero-order valence-electron chi connectivity index (χ0n) is 13.4. The second-order valence-electron chi connectivity index (χ2n) is 5.77. The van der Waals surface area contributed by atoms with Crippen LogP contribution >= 0.6 is 11.8 Å². The van der Waals surface area contributed by atoms with E-state index in [1.54, 1.807) is 6.92 Å². The quantitative estimate of drug-likeness (QED) is 0.652. The highest BCUT2D eigenvalue weighted by Gasteiger charge is 2.55. The minimum absolute atomic E-state index is 0.208. The minimum Gasteiger partial charge on any atom is -0.467 e. The van der Waals surface area contributed by atoms with Crippen molar-refractivity contribution < 1.29 is 19.1 Å². The number of hydrogen-bond acceptors (Lipinski definition) is 5. The Morgan fingerprint density at radius 2 is 2.00 bits per heavy atom. The highest BCUT2D eigenvalue weighted by molar-refractivity contribution is 8.02. The number of ether oxygens (including phenoxy) is 1. The van der Waals surface area contributed by atoms with Crippen LogP contribution in [0.2, 0.25) is 0 Å². The molecule has 1 N–H and O–H groups in total. The molecule has 3 rings (SSSR count). The van der Waals surface area contributed by atoms with Crippen LogP contribution in [0.15, 0.2) is 41.3 Å². The molecule has 2 heterocycles. The van der Waals surface area contributed by atoms with Crippen LogP contribution in [0, 0.1) is 0 Å². The molecule has 3 atom stereocenters. The van der Waals surface area contributed by atoms with E-state index in [1.807, 2.05) is 35.7 Å². The molecule has 0 aromatic heterocycles. The van der Waals surface area contributed by atoms with E-state index in [0.717, 1.165) is 11.1 Å². The first-order valence-corrected chi connectivity index (χ1v) is 8.52. The molecule has 0 aliphatic carbocycles. The Balaban J connectivity index is 1.67. The second-order valence-corrected chi connectivity index (χ2v) is 6.76. The van der Waals surface area contributed by atoms with Gasteiger partial charge < -0.3 is 15.0 Å². The molecule has 2 aliphatic heterocycles. The lowest BCUT2D eigenvalue weighted by Crippen LogP contribution is -2.73. The number of esters is 1. The van der Waals surface area contributed by atoms with E-state index >= 15 is 0 Å². The summed E-state index contributed by atoms with van der Waals surface area (Å²) in [6, 6.07) is 8.04. The van der Waals surface area contributed by atoms with Gasteiger partial charge in [0, 0.05) is 0 Å². The number of amides is 2. The normalized spacial score (nSPS) is 25.2. The molecule has 0 saturated carbocycles. The number of nitrogens with zero attached hydrogens (tertiary/aromatic N) is 1. The van der Waals surface area contributed by atoms with Crippen molar-refractivity contribution in [3.8, 4) is 0 Å². The predicted molar refractivity (Wildman–Crippen MR) is 89.9 cm³/mol. The molecule has 0 spiro atoms. The molecule has 2 amide bonds. The Kier molecular flexibility index (Phi) is 4.62. The maximum absolute atomic E-state index is 12.4. The monoisotopic (exact) mass is 346 g/mol. The number of carbonyl (C=O) groups excluding carboxylic acids is 3. The molecule has 126 valence electrons. The predicted octanol–water partition coefficient (Wildman–Crippen LogP) is 1.07. The van der Waals surface area contributed by atoms with Gasteiger partial charge in [0.2, 0.25) is 11.8 Å². The molecule has 7 heteroatoms. The van der Waals surface area contributed by atoms with E-state index in [-0.39, 0.29) is 23.6 Å². The van der Waals surface area contributed by atoms with E-state index in [0.29, 0.717) is 0 Å². The molecule has 0 bridgehead atoms. The number of thioether (sulfide) groups is 1. The standard InChI is InChI=1S/C17H18N2O4S/c1-10-9-24-16-13(15(21)19(16)14(10)17(22)23-2)18-12(20)8-11-6-4-3-5-7-11/h3-7,9,13-14,16H,8H2,1-2H3,(H,18,20)/t13-,14-,16-/m1/s1. The molecule has 0 unspecified atom stereocenters. The van der Waals surface area contributed by atoms with Crippen LogP contribution in [0.5, 0.6) is 0 Å². The fraction of sp³-hybridized carbons (Fsp3) is 0.353. The van der Waals surface area contributed by atoms with Gasteiger partial charge in [-0.1, -0.05) is 30.3 Å². The van der Waals surface area contributed by atoms with Gasteiger partial charge in [-0.25, -0.2) is 4.79 Å². The number of hydrogen-bond donors (Lipinski definition) is 1. The Morgan fingerprint density at radius 3 is 2.67 bits per heavy atom. The smallest absolute Gasteiger partial charge is 0.332 e. The lowest BCUT2D eigenvalue weighted by Gasteiger charge is -2.51. The molecule has 0 radical (unpaired) electrons. The summed E-state index contributed by atoms with van der Waals surface area (Å²) in [5.41, 5.74) is 1.66. The van der Waals surface area contributed by atoms with Crippen molar-refractivity contribution in [1.82, 2.24) is 10.2 Å². The van der Waals surface area contributed by atoms with Crippen LogP contribution in [0.25, 0.3) is 0 Å². The molecule has 2 aliphatic rings. The van der Waals surface area contributed by atoms with Gasteiger partial charge in [0.15, 0.2) is 6.04 Å². The van der Waals surface area contributed by atoms with E-state index in [2.05, 4.69) is 5.32 Å². The van der Waals surface area contributed by atoms with Crippen molar-refractivity contribution in [3.05, 3.63) is 46.9 Å². The van der Waals surface area contributed by atoms with Gasteiger partial charge in [0.25, 0.3) is 0 Å². The van der Waals surface area contributed by atoms with Crippen LogP contribution in [-0.2, 0) is 25.5 Å². The highest BCUT2D eigenvalue weighted by Crippen LogP contribution is 2.40. The van der Waals surface area contributed by atoms with Gasteiger partial charge in [0.1, 0.15) is 11.4 Å². The molecule has 6 nitrogen and oxygen atoms in total. The maximum Gasteiger partial charge on any atom is 0.332 e. The van der Waals surface area contributed by atoms with Crippen molar-refractivity contribution in [2.45, 2.75) is 30.8 Å². The number of nitrogens with one attached hydrogen (secondary N) is 1. The first-order valence-electron chi connectivity index (χ1n) is 7.58. The summed E-state index contributed by atoms with van der Waals surface area (Å²) >= 11 is 1.43. The molecule has 1 fully saturated rings. The van der Waals surface area contributed by atoms with Gasteiger partial charge in [-0.15, -0.1) is 11.8 Å². The molecule has 1 saturated heterocycles. The van der Waals surface area contributed by atoms with E-state index in [9.17, 15) is 14.4 Å². The van der Waals surface area contributed by atoms with Crippen LogP contribution < -0.4 is 5.32 Å². The van der Waals surface area contributed by atoms with Crippen molar-refractivity contribution in [1.29, 1.82) is 0 Å².